The van der Waals surface area contributed by atoms with Crippen LogP contribution in [0.4, 0.5) is 0 Å². The van der Waals surface area contributed by atoms with Gasteiger partial charge in [0.25, 0.3) is 0 Å². The van der Waals surface area contributed by atoms with Crippen LogP contribution in [0.15, 0.2) is 5.10 Å². The minimum Gasteiger partial charge on any atom is -0.313 e. The standard InChI is InChI=1S/C6H14N2/c1-5(2)6(3)8-7-4/h5,7H,1-4H3/b8-6+. The van der Waals surface area contributed by atoms with Crippen LogP contribution < -0.4 is 5.43 Å². The summed E-state index contributed by atoms with van der Waals surface area (Å²) in [5.41, 5.74) is 3.88. The Morgan fingerprint density at radius 1 is 1.50 bits per heavy atom. The number of nitrogens with zero attached hydrogens (tertiary/aromatic N) is 1. The lowest BCUT2D eigenvalue weighted by molar-refractivity contribution is 0.822. The van der Waals surface area contributed by atoms with Crippen LogP contribution in [-0.4, -0.2) is 12.8 Å². The molecule has 2 heteroatoms. The summed E-state index contributed by atoms with van der Waals surface area (Å²) >= 11 is 0. The van der Waals surface area contributed by atoms with E-state index in [4.69, 9.17) is 0 Å². The Bertz CT molecular complexity index is 84.5. The molecular formula is C6H14N2. The fraction of sp³-hybridized carbons (Fsp3) is 0.833. The van der Waals surface area contributed by atoms with Gasteiger partial charge < -0.3 is 5.43 Å². The minimum atomic E-state index is 0.558. The van der Waals surface area contributed by atoms with Gasteiger partial charge in [0, 0.05) is 12.8 Å². The van der Waals surface area contributed by atoms with Gasteiger partial charge in [-0.15, -0.1) is 0 Å². The number of hydrazone groups is 1. The zero-order chi connectivity index (χ0) is 6.57. The highest BCUT2D eigenvalue weighted by molar-refractivity contribution is 5.83. The highest BCUT2D eigenvalue weighted by atomic mass is 15.3. The largest absolute Gasteiger partial charge is 0.313 e. The summed E-state index contributed by atoms with van der Waals surface area (Å²) in [4.78, 5) is 0. The van der Waals surface area contributed by atoms with E-state index in [9.17, 15) is 0 Å². The average molecular weight is 114 g/mol. The van der Waals surface area contributed by atoms with E-state index < -0.39 is 0 Å². The van der Waals surface area contributed by atoms with Gasteiger partial charge in [-0.05, 0) is 12.8 Å². The molecule has 2 nitrogen and oxygen atoms in total. The van der Waals surface area contributed by atoms with Gasteiger partial charge in [0.05, 0.1) is 0 Å². The van der Waals surface area contributed by atoms with Gasteiger partial charge in [-0.25, -0.2) is 0 Å². The molecule has 0 aliphatic heterocycles. The second-order valence-electron chi connectivity index (χ2n) is 2.13. The molecule has 0 unspecified atom stereocenters. The molecule has 0 atom stereocenters. The molecule has 0 amide bonds. The molecule has 0 heterocycles. The maximum Gasteiger partial charge on any atom is 0.0372 e. The minimum absolute atomic E-state index is 0.558. The van der Waals surface area contributed by atoms with E-state index in [0.29, 0.717) is 5.92 Å². The van der Waals surface area contributed by atoms with Crippen molar-refractivity contribution in [3.05, 3.63) is 0 Å². The Balaban J connectivity index is 3.61. The van der Waals surface area contributed by atoms with Crippen LogP contribution in [-0.2, 0) is 0 Å². The fourth-order valence-corrected chi connectivity index (χ4v) is 0.305. The molecule has 0 spiro atoms. The van der Waals surface area contributed by atoms with Crippen molar-refractivity contribution in [2.45, 2.75) is 20.8 Å². The highest BCUT2D eigenvalue weighted by Crippen LogP contribution is 1.93. The van der Waals surface area contributed by atoms with Crippen LogP contribution in [0.5, 0.6) is 0 Å². The SMILES string of the molecule is CN/N=C(\C)C(C)C. The normalized spacial score (nSPS) is 12.4. The summed E-state index contributed by atoms with van der Waals surface area (Å²) in [5, 5.41) is 3.99. The predicted octanol–water partition coefficient (Wildman–Crippen LogP) is 1.24. The van der Waals surface area contributed by atoms with Gasteiger partial charge in [0.2, 0.25) is 0 Å². The Hall–Kier alpha value is -0.530. The summed E-state index contributed by atoms with van der Waals surface area (Å²) in [7, 11) is 1.81. The monoisotopic (exact) mass is 114 g/mol. The summed E-state index contributed by atoms with van der Waals surface area (Å²) in [6, 6.07) is 0. The van der Waals surface area contributed by atoms with Crippen molar-refractivity contribution in [3.63, 3.8) is 0 Å². The van der Waals surface area contributed by atoms with Crippen LogP contribution >= 0.6 is 0 Å². The van der Waals surface area contributed by atoms with Crippen LogP contribution in [0.25, 0.3) is 0 Å². The molecule has 0 bridgehead atoms. The lowest BCUT2D eigenvalue weighted by atomic mass is 10.1. The van der Waals surface area contributed by atoms with Gasteiger partial charge in [-0.2, -0.15) is 5.10 Å². The molecule has 48 valence electrons. The second-order valence-corrected chi connectivity index (χ2v) is 2.13. The highest BCUT2D eigenvalue weighted by Gasteiger charge is 1.94. The zero-order valence-electron chi connectivity index (χ0n) is 6.02. The van der Waals surface area contributed by atoms with Crippen molar-refractivity contribution >= 4 is 5.71 Å². The number of hydrogen-bond acceptors (Lipinski definition) is 2. The van der Waals surface area contributed by atoms with E-state index in [0.717, 1.165) is 5.71 Å². The Morgan fingerprint density at radius 2 is 2.00 bits per heavy atom. The first kappa shape index (κ1) is 7.47. The molecule has 0 aromatic rings. The lowest BCUT2D eigenvalue weighted by Gasteiger charge is -2.00. The van der Waals surface area contributed by atoms with E-state index in [1.54, 1.807) is 0 Å². The molecule has 0 aliphatic rings. The summed E-state index contributed by atoms with van der Waals surface area (Å²) in [5.74, 6) is 0.558. The molecule has 0 aromatic heterocycles. The number of nitrogens with one attached hydrogen (secondary N) is 1. The Kier molecular flexibility index (Phi) is 3.24. The molecule has 0 aliphatic carbocycles. The third-order valence-electron chi connectivity index (χ3n) is 1.12. The molecule has 0 saturated carbocycles. The third kappa shape index (κ3) is 2.61. The van der Waals surface area contributed by atoms with Gasteiger partial charge in [0.15, 0.2) is 0 Å². The van der Waals surface area contributed by atoms with Crippen LogP contribution in [0, 0.1) is 5.92 Å². The van der Waals surface area contributed by atoms with Gasteiger partial charge in [-0.1, -0.05) is 13.8 Å². The van der Waals surface area contributed by atoms with E-state index in [1.807, 2.05) is 14.0 Å². The third-order valence-corrected chi connectivity index (χ3v) is 1.12. The Morgan fingerprint density at radius 3 is 2.12 bits per heavy atom. The van der Waals surface area contributed by atoms with Gasteiger partial charge >= 0.3 is 0 Å². The molecular weight excluding hydrogens is 100 g/mol. The molecule has 0 fully saturated rings. The van der Waals surface area contributed by atoms with E-state index in [2.05, 4.69) is 24.4 Å². The maximum absolute atomic E-state index is 3.99. The van der Waals surface area contributed by atoms with E-state index in [-0.39, 0.29) is 0 Å². The van der Waals surface area contributed by atoms with Crippen molar-refractivity contribution in [3.8, 4) is 0 Å². The Labute approximate surface area is 51.0 Å². The first-order valence-electron chi connectivity index (χ1n) is 2.89. The van der Waals surface area contributed by atoms with Crippen molar-refractivity contribution < 1.29 is 0 Å². The zero-order valence-corrected chi connectivity index (χ0v) is 6.02. The summed E-state index contributed by atoms with van der Waals surface area (Å²) in [6.45, 7) is 6.26. The van der Waals surface area contributed by atoms with E-state index >= 15 is 0 Å². The van der Waals surface area contributed by atoms with Crippen LogP contribution in [0.3, 0.4) is 0 Å². The van der Waals surface area contributed by atoms with Gasteiger partial charge in [0.1, 0.15) is 0 Å². The number of rotatable bonds is 2. The summed E-state index contributed by atoms with van der Waals surface area (Å²) < 4.78 is 0. The molecule has 0 radical (unpaired) electrons. The first-order chi connectivity index (χ1) is 3.68. The molecule has 1 N–H and O–H groups in total. The van der Waals surface area contributed by atoms with E-state index in [1.165, 1.54) is 0 Å². The first-order valence-corrected chi connectivity index (χ1v) is 2.89. The number of hydrogen-bond donors (Lipinski definition) is 1. The quantitative estimate of drug-likeness (QED) is 0.424. The van der Waals surface area contributed by atoms with Crippen molar-refractivity contribution in [1.29, 1.82) is 0 Å². The van der Waals surface area contributed by atoms with Crippen molar-refractivity contribution in [1.82, 2.24) is 5.43 Å². The smallest absolute Gasteiger partial charge is 0.0372 e. The lowest BCUT2D eigenvalue weighted by Crippen LogP contribution is -2.07. The topological polar surface area (TPSA) is 24.4 Å². The van der Waals surface area contributed by atoms with Crippen LogP contribution in [0.2, 0.25) is 0 Å². The molecule has 0 aromatic carbocycles. The molecule has 0 rings (SSSR count). The van der Waals surface area contributed by atoms with Crippen molar-refractivity contribution in [2.24, 2.45) is 11.0 Å². The van der Waals surface area contributed by atoms with Gasteiger partial charge in [-0.3, -0.25) is 0 Å². The average Bonchev–Trinajstić information content (AvgIpc) is 1.67. The fourth-order valence-electron chi connectivity index (χ4n) is 0.305. The van der Waals surface area contributed by atoms with Crippen molar-refractivity contribution in [2.75, 3.05) is 7.05 Å². The molecule has 8 heavy (non-hydrogen) atoms. The molecule has 0 saturated heterocycles. The van der Waals surface area contributed by atoms with Crippen LogP contribution in [0.1, 0.15) is 20.8 Å². The summed E-state index contributed by atoms with van der Waals surface area (Å²) in [6.07, 6.45) is 0. The predicted molar refractivity (Wildman–Crippen MR) is 37.0 cm³/mol. The second kappa shape index (κ2) is 3.47. The maximum atomic E-state index is 3.99.